The molecule has 2 heteroatoms. The van der Waals surface area contributed by atoms with Crippen molar-refractivity contribution in [1.29, 1.82) is 0 Å². The van der Waals surface area contributed by atoms with Gasteiger partial charge in [-0.15, -0.1) is 0 Å². The van der Waals surface area contributed by atoms with Gasteiger partial charge >= 0.3 is 0 Å². The second-order valence-corrected chi connectivity index (χ2v) is 5.52. The molecule has 0 saturated carbocycles. The number of hydrogen-bond acceptors (Lipinski definition) is 2. The standard InChI is InChI=1S/C19H24O2/c1-3-18(15-7-5-14(13-20)6-8-15)19(4-2)16-9-11-17(21)12-10-16/h5-12,18-21H,3-4,13H2,1-2H3/t18-,19+/m0/s1. The lowest BCUT2D eigenvalue weighted by Crippen LogP contribution is -2.10. The van der Waals surface area contributed by atoms with E-state index in [-0.39, 0.29) is 6.61 Å². The van der Waals surface area contributed by atoms with Gasteiger partial charge in [-0.05, 0) is 53.5 Å². The fraction of sp³-hybridized carbons (Fsp3) is 0.368. The monoisotopic (exact) mass is 284 g/mol. The van der Waals surface area contributed by atoms with Gasteiger partial charge in [0.1, 0.15) is 5.75 Å². The molecular formula is C19H24O2. The first-order chi connectivity index (χ1) is 10.2. The molecule has 2 aromatic carbocycles. The fourth-order valence-corrected chi connectivity index (χ4v) is 3.10. The molecule has 0 aliphatic carbocycles. The van der Waals surface area contributed by atoms with E-state index in [1.165, 1.54) is 11.1 Å². The summed E-state index contributed by atoms with van der Waals surface area (Å²) >= 11 is 0. The number of aliphatic hydroxyl groups is 1. The van der Waals surface area contributed by atoms with Crippen LogP contribution in [0.1, 0.15) is 55.2 Å². The lowest BCUT2D eigenvalue weighted by atomic mass is 9.78. The Bertz CT molecular complexity index is 543. The molecule has 0 spiro atoms. The third-order valence-corrected chi connectivity index (χ3v) is 4.28. The maximum atomic E-state index is 9.46. The van der Waals surface area contributed by atoms with Crippen LogP contribution in [-0.4, -0.2) is 10.2 Å². The predicted octanol–water partition coefficient (Wildman–Crippen LogP) is 4.57. The Labute approximate surface area is 127 Å². The van der Waals surface area contributed by atoms with Crippen LogP contribution in [0.25, 0.3) is 0 Å². The number of phenolic OH excluding ortho intramolecular Hbond substituents is 1. The highest BCUT2D eigenvalue weighted by Gasteiger charge is 2.21. The van der Waals surface area contributed by atoms with Gasteiger partial charge in [0.2, 0.25) is 0 Å². The van der Waals surface area contributed by atoms with Crippen molar-refractivity contribution in [2.75, 3.05) is 0 Å². The van der Waals surface area contributed by atoms with Gasteiger partial charge in [0.15, 0.2) is 0 Å². The molecule has 2 aromatic rings. The highest BCUT2D eigenvalue weighted by Crippen LogP contribution is 2.38. The number of phenols is 1. The lowest BCUT2D eigenvalue weighted by Gasteiger charge is -2.26. The molecule has 0 heterocycles. The molecule has 2 N–H and O–H groups in total. The van der Waals surface area contributed by atoms with Gasteiger partial charge in [-0.25, -0.2) is 0 Å². The van der Waals surface area contributed by atoms with Crippen molar-refractivity contribution < 1.29 is 10.2 Å². The first kappa shape index (κ1) is 15.6. The third kappa shape index (κ3) is 3.64. The van der Waals surface area contributed by atoms with Gasteiger partial charge in [-0.1, -0.05) is 50.2 Å². The van der Waals surface area contributed by atoms with E-state index in [9.17, 15) is 5.11 Å². The number of hydrogen-bond donors (Lipinski definition) is 2. The number of aromatic hydroxyl groups is 1. The number of rotatable bonds is 6. The average Bonchev–Trinajstić information content (AvgIpc) is 2.54. The summed E-state index contributed by atoms with van der Waals surface area (Å²) in [6.45, 7) is 4.52. The summed E-state index contributed by atoms with van der Waals surface area (Å²) in [6, 6.07) is 15.8. The summed E-state index contributed by atoms with van der Waals surface area (Å²) in [5, 5.41) is 18.6. The van der Waals surface area contributed by atoms with Crippen LogP contribution in [-0.2, 0) is 6.61 Å². The van der Waals surface area contributed by atoms with Gasteiger partial charge in [0.05, 0.1) is 6.61 Å². The zero-order valence-corrected chi connectivity index (χ0v) is 12.8. The maximum Gasteiger partial charge on any atom is 0.115 e. The van der Waals surface area contributed by atoms with E-state index in [0.717, 1.165) is 18.4 Å². The Kier molecular flexibility index (Phi) is 5.40. The molecule has 0 aliphatic heterocycles. The Morgan fingerprint density at radius 3 is 1.57 bits per heavy atom. The Morgan fingerprint density at radius 1 is 0.762 bits per heavy atom. The minimum atomic E-state index is 0.0895. The van der Waals surface area contributed by atoms with Crippen molar-refractivity contribution in [3.63, 3.8) is 0 Å². The van der Waals surface area contributed by atoms with Gasteiger partial charge in [-0.2, -0.15) is 0 Å². The molecule has 0 amide bonds. The van der Waals surface area contributed by atoms with Crippen molar-refractivity contribution in [3.05, 3.63) is 65.2 Å². The molecule has 2 rings (SSSR count). The molecule has 0 fully saturated rings. The summed E-state index contributed by atoms with van der Waals surface area (Å²) in [5.41, 5.74) is 3.54. The third-order valence-electron chi connectivity index (χ3n) is 4.28. The van der Waals surface area contributed by atoms with Crippen molar-refractivity contribution in [1.82, 2.24) is 0 Å². The van der Waals surface area contributed by atoms with Crippen LogP contribution in [0, 0.1) is 0 Å². The summed E-state index contributed by atoms with van der Waals surface area (Å²) in [5.74, 6) is 1.21. The first-order valence-corrected chi connectivity index (χ1v) is 7.68. The molecule has 0 unspecified atom stereocenters. The summed E-state index contributed by atoms with van der Waals surface area (Å²) in [7, 11) is 0. The molecule has 0 radical (unpaired) electrons. The molecule has 2 nitrogen and oxygen atoms in total. The van der Waals surface area contributed by atoms with Gasteiger partial charge in [0.25, 0.3) is 0 Å². The van der Waals surface area contributed by atoms with Gasteiger partial charge in [0, 0.05) is 0 Å². The molecule has 0 bridgehead atoms. The van der Waals surface area contributed by atoms with E-state index >= 15 is 0 Å². The highest BCUT2D eigenvalue weighted by atomic mass is 16.3. The smallest absolute Gasteiger partial charge is 0.115 e. The van der Waals surface area contributed by atoms with Crippen LogP contribution in [0.3, 0.4) is 0 Å². The Balaban J connectivity index is 2.29. The SMILES string of the molecule is CC[C@H](c1ccc(O)cc1)[C@@H](CC)c1ccc(CO)cc1. The quantitative estimate of drug-likeness (QED) is 0.815. The zero-order valence-electron chi connectivity index (χ0n) is 12.8. The largest absolute Gasteiger partial charge is 0.508 e. The predicted molar refractivity (Wildman–Crippen MR) is 86.5 cm³/mol. The second-order valence-electron chi connectivity index (χ2n) is 5.52. The molecule has 0 saturated heterocycles. The lowest BCUT2D eigenvalue weighted by molar-refractivity contribution is 0.282. The minimum Gasteiger partial charge on any atom is -0.508 e. The number of aliphatic hydroxyl groups excluding tert-OH is 1. The molecule has 21 heavy (non-hydrogen) atoms. The van der Waals surface area contributed by atoms with E-state index < -0.39 is 0 Å². The van der Waals surface area contributed by atoms with Crippen LogP contribution >= 0.6 is 0 Å². The van der Waals surface area contributed by atoms with Gasteiger partial charge < -0.3 is 10.2 Å². The van der Waals surface area contributed by atoms with Crippen LogP contribution in [0.5, 0.6) is 5.75 Å². The fourth-order valence-electron chi connectivity index (χ4n) is 3.10. The van der Waals surface area contributed by atoms with E-state index in [1.807, 2.05) is 24.3 Å². The Morgan fingerprint density at radius 2 is 1.19 bits per heavy atom. The van der Waals surface area contributed by atoms with E-state index in [4.69, 9.17) is 5.11 Å². The maximum absolute atomic E-state index is 9.46. The van der Waals surface area contributed by atoms with Gasteiger partial charge in [-0.3, -0.25) is 0 Å². The first-order valence-electron chi connectivity index (χ1n) is 7.68. The Hall–Kier alpha value is -1.80. The minimum absolute atomic E-state index is 0.0895. The average molecular weight is 284 g/mol. The highest BCUT2D eigenvalue weighted by molar-refractivity contribution is 5.33. The summed E-state index contributed by atoms with van der Waals surface area (Å²) in [6.07, 6.45) is 2.13. The van der Waals surface area contributed by atoms with Crippen LogP contribution in [0.4, 0.5) is 0 Å². The van der Waals surface area contributed by atoms with E-state index in [2.05, 4.69) is 26.0 Å². The molecule has 0 aliphatic rings. The van der Waals surface area contributed by atoms with Crippen molar-refractivity contribution in [2.45, 2.75) is 45.1 Å². The molecule has 2 atom stereocenters. The number of benzene rings is 2. The van der Waals surface area contributed by atoms with Crippen molar-refractivity contribution >= 4 is 0 Å². The molecule has 0 aromatic heterocycles. The molecule has 112 valence electrons. The van der Waals surface area contributed by atoms with Crippen LogP contribution in [0.15, 0.2) is 48.5 Å². The normalized spacial score (nSPS) is 13.9. The second kappa shape index (κ2) is 7.28. The van der Waals surface area contributed by atoms with Crippen molar-refractivity contribution in [3.8, 4) is 5.75 Å². The van der Waals surface area contributed by atoms with Crippen LogP contribution < -0.4 is 0 Å². The van der Waals surface area contributed by atoms with E-state index in [0.29, 0.717) is 17.6 Å². The van der Waals surface area contributed by atoms with Crippen LogP contribution in [0.2, 0.25) is 0 Å². The summed E-state index contributed by atoms with van der Waals surface area (Å²) < 4.78 is 0. The summed E-state index contributed by atoms with van der Waals surface area (Å²) in [4.78, 5) is 0. The molecular weight excluding hydrogens is 260 g/mol. The topological polar surface area (TPSA) is 40.5 Å². The van der Waals surface area contributed by atoms with E-state index in [1.54, 1.807) is 12.1 Å². The van der Waals surface area contributed by atoms with Crippen molar-refractivity contribution in [2.24, 2.45) is 0 Å². The zero-order chi connectivity index (χ0) is 15.2.